The highest BCUT2D eigenvalue weighted by Gasteiger charge is 2.39. The van der Waals surface area contributed by atoms with Gasteiger partial charge in [-0.25, -0.2) is 0 Å². The first kappa shape index (κ1) is 14.1. The smallest absolute Gasteiger partial charge is 0.307 e. The molecule has 0 bridgehead atoms. The third-order valence-corrected chi connectivity index (χ3v) is 3.80. The molecule has 0 radical (unpaired) electrons. The molecule has 2 aliphatic rings. The number of ether oxygens (including phenoxy) is 1. The van der Waals surface area contributed by atoms with E-state index in [0.717, 1.165) is 0 Å². The van der Waals surface area contributed by atoms with E-state index in [2.05, 4.69) is 0 Å². The molecule has 2 atom stereocenters. The lowest BCUT2D eigenvalue weighted by atomic mass is 9.82. The fourth-order valence-corrected chi connectivity index (χ4v) is 2.80. The van der Waals surface area contributed by atoms with E-state index in [1.807, 2.05) is 26.0 Å². The van der Waals surface area contributed by atoms with Crippen molar-refractivity contribution in [1.29, 1.82) is 0 Å². The molecule has 1 aliphatic carbocycles. The van der Waals surface area contributed by atoms with Gasteiger partial charge in [-0.05, 0) is 26.7 Å². The fraction of sp³-hybridized carbons (Fsp3) is 0.714. The maximum Gasteiger partial charge on any atom is 0.307 e. The van der Waals surface area contributed by atoms with E-state index in [0.29, 0.717) is 32.5 Å². The van der Waals surface area contributed by atoms with Crippen LogP contribution in [-0.4, -0.2) is 47.2 Å². The maximum absolute atomic E-state index is 12.5. The monoisotopic (exact) mass is 267 g/mol. The summed E-state index contributed by atoms with van der Waals surface area (Å²) in [6.45, 7) is 5.48. The van der Waals surface area contributed by atoms with Gasteiger partial charge in [0.2, 0.25) is 5.91 Å². The van der Waals surface area contributed by atoms with Gasteiger partial charge < -0.3 is 14.7 Å². The lowest BCUT2D eigenvalue weighted by Gasteiger charge is -2.40. The van der Waals surface area contributed by atoms with Crippen LogP contribution >= 0.6 is 0 Å². The Kier molecular flexibility index (Phi) is 3.94. The Hall–Kier alpha value is -1.36. The van der Waals surface area contributed by atoms with Gasteiger partial charge in [0.05, 0.1) is 24.0 Å². The molecule has 0 unspecified atom stereocenters. The van der Waals surface area contributed by atoms with Crippen molar-refractivity contribution >= 4 is 11.9 Å². The quantitative estimate of drug-likeness (QED) is 0.766. The Morgan fingerprint density at radius 3 is 2.47 bits per heavy atom. The van der Waals surface area contributed by atoms with Gasteiger partial charge in [-0.2, -0.15) is 0 Å². The number of morpholine rings is 1. The number of nitrogens with zero attached hydrogens (tertiary/aromatic N) is 1. The average molecular weight is 267 g/mol. The zero-order chi connectivity index (χ0) is 14.0. The topological polar surface area (TPSA) is 66.8 Å². The summed E-state index contributed by atoms with van der Waals surface area (Å²) in [5.74, 6) is -1.96. The first-order chi connectivity index (χ1) is 8.91. The van der Waals surface area contributed by atoms with Crippen LogP contribution in [0.4, 0.5) is 0 Å². The number of amides is 1. The summed E-state index contributed by atoms with van der Waals surface area (Å²) < 4.78 is 5.58. The van der Waals surface area contributed by atoms with Crippen LogP contribution in [0.5, 0.6) is 0 Å². The van der Waals surface area contributed by atoms with Gasteiger partial charge in [-0.3, -0.25) is 9.59 Å². The Labute approximate surface area is 113 Å². The highest BCUT2D eigenvalue weighted by molar-refractivity contribution is 5.85. The van der Waals surface area contributed by atoms with Crippen molar-refractivity contribution in [3.8, 4) is 0 Å². The second-order valence-corrected chi connectivity index (χ2v) is 5.86. The molecule has 19 heavy (non-hydrogen) atoms. The molecule has 1 heterocycles. The van der Waals surface area contributed by atoms with Gasteiger partial charge >= 0.3 is 5.97 Å². The molecule has 1 fully saturated rings. The standard InChI is InChI=1S/C14H21NO4/c1-14(2)9-15(7-8-19-14)12(16)10-5-3-4-6-11(10)13(17)18/h3-4,10-11H,5-9H2,1-2H3,(H,17,18)/t10-,11+/m1/s1. The van der Waals surface area contributed by atoms with Crippen molar-refractivity contribution in [2.45, 2.75) is 32.3 Å². The summed E-state index contributed by atoms with van der Waals surface area (Å²) >= 11 is 0. The third-order valence-electron chi connectivity index (χ3n) is 3.80. The summed E-state index contributed by atoms with van der Waals surface area (Å²) in [5.41, 5.74) is -0.350. The molecule has 5 nitrogen and oxygen atoms in total. The van der Waals surface area contributed by atoms with Crippen molar-refractivity contribution in [2.24, 2.45) is 11.8 Å². The Morgan fingerprint density at radius 1 is 1.26 bits per heavy atom. The normalized spacial score (nSPS) is 30.1. The molecule has 1 aliphatic heterocycles. The van der Waals surface area contributed by atoms with Crippen LogP contribution in [0.15, 0.2) is 12.2 Å². The zero-order valence-electron chi connectivity index (χ0n) is 11.5. The Morgan fingerprint density at radius 2 is 1.89 bits per heavy atom. The number of hydrogen-bond donors (Lipinski definition) is 1. The molecule has 1 saturated heterocycles. The van der Waals surface area contributed by atoms with Crippen molar-refractivity contribution in [2.75, 3.05) is 19.7 Å². The van der Waals surface area contributed by atoms with E-state index in [1.165, 1.54) is 0 Å². The van der Waals surface area contributed by atoms with E-state index >= 15 is 0 Å². The van der Waals surface area contributed by atoms with Gasteiger partial charge in [-0.15, -0.1) is 0 Å². The molecule has 106 valence electrons. The SMILES string of the molecule is CC1(C)CN(C(=O)[C@@H]2CC=CC[C@@H]2C(=O)O)CCO1. The third kappa shape index (κ3) is 3.15. The molecule has 0 aromatic rings. The molecule has 0 aromatic heterocycles. The number of carbonyl (C=O) groups is 2. The highest BCUT2D eigenvalue weighted by atomic mass is 16.5. The van der Waals surface area contributed by atoms with Crippen LogP contribution in [-0.2, 0) is 14.3 Å². The molecule has 0 saturated carbocycles. The predicted octanol–water partition coefficient (Wildman–Crippen LogP) is 1.29. The second kappa shape index (κ2) is 5.33. The minimum absolute atomic E-state index is 0.0480. The lowest BCUT2D eigenvalue weighted by molar-refractivity contribution is -0.157. The van der Waals surface area contributed by atoms with Crippen LogP contribution in [0.3, 0.4) is 0 Å². The van der Waals surface area contributed by atoms with Crippen LogP contribution in [0.25, 0.3) is 0 Å². The van der Waals surface area contributed by atoms with Crippen molar-refractivity contribution < 1.29 is 19.4 Å². The number of rotatable bonds is 2. The molecule has 1 amide bonds. The van der Waals surface area contributed by atoms with Crippen LogP contribution in [0, 0.1) is 11.8 Å². The van der Waals surface area contributed by atoms with Gasteiger partial charge in [-0.1, -0.05) is 12.2 Å². The number of carboxylic acid groups (broad SMARTS) is 1. The van der Waals surface area contributed by atoms with Crippen LogP contribution in [0.2, 0.25) is 0 Å². The molecule has 5 heteroatoms. The van der Waals surface area contributed by atoms with E-state index in [9.17, 15) is 14.7 Å². The minimum atomic E-state index is -0.879. The summed E-state index contributed by atoms with van der Waals surface area (Å²) in [6.07, 6.45) is 4.73. The van der Waals surface area contributed by atoms with E-state index in [-0.39, 0.29) is 11.5 Å². The number of hydrogen-bond acceptors (Lipinski definition) is 3. The predicted molar refractivity (Wildman–Crippen MR) is 69.6 cm³/mol. The fourth-order valence-electron chi connectivity index (χ4n) is 2.80. The molecular formula is C14H21NO4. The van der Waals surface area contributed by atoms with Crippen molar-refractivity contribution in [3.05, 3.63) is 12.2 Å². The Bertz CT molecular complexity index is 402. The summed E-state index contributed by atoms with van der Waals surface area (Å²) in [6, 6.07) is 0. The molecule has 2 rings (SSSR count). The van der Waals surface area contributed by atoms with E-state index < -0.39 is 17.8 Å². The average Bonchev–Trinajstić information content (AvgIpc) is 2.36. The lowest BCUT2D eigenvalue weighted by Crippen LogP contribution is -2.53. The molecular weight excluding hydrogens is 246 g/mol. The van der Waals surface area contributed by atoms with Gasteiger partial charge in [0, 0.05) is 13.1 Å². The summed E-state index contributed by atoms with van der Waals surface area (Å²) in [7, 11) is 0. The van der Waals surface area contributed by atoms with E-state index in [4.69, 9.17) is 4.74 Å². The van der Waals surface area contributed by atoms with Gasteiger partial charge in [0.15, 0.2) is 0 Å². The first-order valence-corrected chi connectivity index (χ1v) is 6.71. The largest absolute Gasteiger partial charge is 0.481 e. The first-order valence-electron chi connectivity index (χ1n) is 6.71. The molecule has 1 N–H and O–H groups in total. The highest BCUT2D eigenvalue weighted by Crippen LogP contribution is 2.29. The van der Waals surface area contributed by atoms with Crippen molar-refractivity contribution in [1.82, 2.24) is 4.90 Å². The van der Waals surface area contributed by atoms with Gasteiger partial charge in [0.1, 0.15) is 0 Å². The zero-order valence-corrected chi connectivity index (χ0v) is 11.5. The van der Waals surface area contributed by atoms with Crippen molar-refractivity contribution in [3.63, 3.8) is 0 Å². The Balaban J connectivity index is 2.09. The molecule has 0 aromatic carbocycles. The number of aliphatic carboxylic acids is 1. The maximum atomic E-state index is 12.5. The van der Waals surface area contributed by atoms with Crippen LogP contribution < -0.4 is 0 Å². The molecule has 0 spiro atoms. The van der Waals surface area contributed by atoms with E-state index in [1.54, 1.807) is 4.90 Å². The summed E-state index contributed by atoms with van der Waals surface area (Å²) in [4.78, 5) is 25.5. The summed E-state index contributed by atoms with van der Waals surface area (Å²) in [5, 5.41) is 9.23. The minimum Gasteiger partial charge on any atom is -0.481 e. The number of carboxylic acids is 1. The van der Waals surface area contributed by atoms with Gasteiger partial charge in [0.25, 0.3) is 0 Å². The number of allylic oxidation sites excluding steroid dienone is 2. The van der Waals surface area contributed by atoms with Crippen LogP contribution in [0.1, 0.15) is 26.7 Å². The second-order valence-electron chi connectivity index (χ2n) is 5.86. The number of carbonyl (C=O) groups excluding carboxylic acids is 1.